The van der Waals surface area contributed by atoms with Crippen LogP contribution in [0.3, 0.4) is 0 Å². The molecule has 2 aromatic carbocycles. The van der Waals surface area contributed by atoms with Crippen molar-refractivity contribution >= 4 is 11.8 Å². The normalized spacial score (nSPS) is 14.1. The zero-order valence-electron chi connectivity index (χ0n) is 17.3. The second kappa shape index (κ2) is 10.4. The van der Waals surface area contributed by atoms with Crippen molar-refractivity contribution in [1.82, 2.24) is 9.80 Å². The molecule has 2 amide bonds. The van der Waals surface area contributed by atoms with Crippen molar-refractivity contribution < 1.29 is 14.3 Å². The highest BCUT2D eigenvalue weighted by molar-refractivity contribution is 5.94. The van der Waals surface area contributed by atoms with E-state index in [1.807, 2.05) is 47.1 Å². The van der Waals surface area contributed by atoms with Gasteiger partial charge in [0.1, 0.15) is 11.8 Å². The van der Waals surface area contributed by atoms with Crippen LogP contribution >= 0.6 is 0 Å². The first-order chi connectivity index (χ1) is 14.6. The van der Waals surface area contributed by atoms with Gasteiger partial charge in [-0.25, -0.2) is 0 Å². The first kappa shape index (κ1) is 21.4. The number of piperidine rings is 1. The summed E-state index contributed by atoms with van der Waals surface area (Å²) in [6.45, 7) is 3.86. The third-order valence-electron chi connectivity index (χ3n) is 5.36. The van der Waals surface area contributed by atoms with Gasteiger partial charge >= 0.3 is 0 Å². The lowest BCUT2D eigenvalue weighted by molar-refractivity contribution is -0.136. The molecule has 2 aromatic rings. The van der Waals surface area contributed by atoms with Gasteiger partial charge in [0, 0.05) is 31.2 Å². The maximum Gasteiger partial charge on any atom is 0.260 e. The number of para-hydroxylation sites is 1. The van der Waals surface area contributed by atoms with Crippen molar-refractivity contribution in [3.05, 3.63) is 65.7 Å². The van der Waals surface area contributed by atoms with Crippen LogP contribution in [0.15, 0.2) is 54.6 Å². The molecule has 1 aliphatic heterocycles. The number of amides is 2. The standard InChI is InChI=1S/C24H27N3O3/c1-2-14-27(23(28)18-30-22-11-7-6-10-20(22)17-25)21-12-15-26(16-13-21)24(29)19-8-4-3-5-9-19/h3-11,21H,2,12-16,18H2,1H3. The molecule has 30 heavy (non-hydrogen) atoms. The molecule has 0 spiro atoms. The van der Waals surface area contributed by atoms with Gasteiger partial charge in [0.2, 0.25) is 0 Å². The zero-order valence-corrected chi connectivity index (χ0v) is 17.3. The Kier molecular flexibility index (Phi) is 7.45. The smallest absolute Gasteiger partial charge is 0.260 e. The minimum absolute atomic E-state index is 0.0406. The minimum atomic E-state index is -0.0954. The molecular formula is C24H27N3O3. The van der Waals surface area contributed by atoms with Gasteiger partial charge in [0.25, 0.3) is 11.8 Å². The van der Waals surface area contributed by atoms with Gasteiger partial charge < -0.3 is 14.5 Å². The maximum atomic E-state index is 12.9. The molecule has 1 aliphatic rings. The van der Waals surface area contributed by atoms with E-state index < -0.39 is 0 Å². The largest absolute Gasteiger partial charge is 0.482 e. The van der Waals surface area contributed by atoms with Gasteiger partial charge in [-0.15, -0.1) is 0 Å². The molecule has 1 fully saturated rings. The SMILES string of the molecule is CCCN(C(=O)COc1ccccc1C#N)C1CCN(C(=O)c2ccccc2)CC1. The van der Waals surface area contributed by atoms with Crippen LogP contribution in [-0.4, -0.2) is 53.9 Å². The van der Waals surface area contributed by atoms with E-state index >= 15 is 0 Å². The number of benzene rings is 2. The number of hydrogen-bond acceptors (Lipinski definition) is 4. The van der Waals surface area contributed by atoms with Gasteiger partial charge in [-0.1, -0.05) is 37.3 Å². The second-order valence-corrected chi connectivity index (χ2v) is 7.37. The summed E-state index contributed by atoms with van der Waals surface area (Å²) in [6.07, 6.45) is 2.35. The van der Waals surface area contributed by atoms with Crippen molar-refractivity contribution in [1.29, 1.82) is 5.26 Å². The lowest BCUT2D eigenvalue weighted by atomic mass is 10.0. The highest BCUT2D eigenvalue weighted by atomic mass is 16.5. The first-order valence-electron chi connectivity index (χ1n) is 10.4. The van der Waals surface area contributed by atoms with E-state index in [4.69, 9.17) is 4.74 Å². The third-order valence-corrected chi connectivity index (χ3v) is 5.36. The second-order valence-electron chi connectivity index (χ2n) is 7.37. The van der Waals surface area contributed by atoms with E-state index in [-0.39, 0.29) is 24.5 Å². The van der Waals surface area contributed by atoms with Crippen LogP contribution in [0.4, 0.5) is 0 Å². The topological polar surface area (TPSA) is 73.6 Å². The highest BCUT2D eigenvalue weighted by Crippen LogP contribution is 2.21. The molecule has 0 unspecified atom stereocenters. The van der Waals surface area contributed by atoms with Crippen LogP contribution in [0.1, 0.15) is 42.1 Å². The molecule has 0 aliphatic carbocycles. The summed E-state index contributed by atoms with van der Waals surface area (Å²) in [4.78, 5) is 29.3. The van der Waals surface area contributed by atoms with E-state index in [1.165, 1.54) is 0 Å². The Labute approximate surface area is 177 Å². The van der Waals surface area contributed by atoms with E-state index in [0.29, 0.717) is 36.5 Å². The van der Waals surface area contributed by atoms with Crippen molar-refractivity contribution in [2.75, 3.05) is 26.2 Å². The van der Waals surface area contributed by atoms with Crippen molar-refractivity contribution in [3.63, 3.8) is 0 Å². The molecule has 6 nitrogen and oxygen atoms in total. The molecule has 0 radical (unpaired) electrons. The Morgan fingerprint density at radius 3 is 2.43 bits per heavy atom. The number of ether oxygens (including phenoxy) is 1. The lowest BCUT2D eigenvalue weighted by Gasteiger charge is -2.38. The number of rotatable bonds is 7. The number of carbonyl (C=O) groups is 2. The van der Waals surface area contributed by atoms with Gasteiger partial charge in [0.05, 0.1) is 5.56 Å². The van der Waals surface area contributed by atoms with Gasteiger partial charge in [-0.05, 0) is 43.5 Å². The highest BCUT2D eigenvalue weighted by Gasteiger charge is 2.29. The predicted molar refractivity (Wildman–Crippen MR) is 114 cm³/mol. The van der Waals surface area contributed by atoms with Crippen molar-refractivity contribution in [3.8, 4) is 11.8 Å². The predicted octanol–water partition coefficient (Wildman–Crippen LogP) is 3.48. The van der Waals surface area contributed by atoms with Crippen LogP contribution in [0, 0.1) is 11.3 Å². The molecule has 0 bridgehead atoms. The zero-order chi connectivity index (χ0) is 21.3. The third kappa shape index (κ3) is 5.18. The van der Waals surface area contributed by atoms with Crippen molar-refractivity contribution in [2.24, 2.45) is 0 Å². The van der Waals surface area contributed by atoms with Gasteiger partial charge in [0.15, 0.2) is 6.61 Å². The molecule has 6 heteroatoms. The number of hydrogen-bond donors (Lipinski definition) is 0. The summed E-state index contributed by atoms with van der Waals surface area (Å²) in [6, 6.07) is 18.4. The Balaban J connectivity index is 1.58. The van der Waals surface area contributed by atoms with E-state index in [9.17, 15) is 14.9 Å². The fourth-order valence-electron chi connectivity index (χ4n) is 3.80. The maximum absolute atomic E-state index is 12.9. The quantitative estimate of drug-likeness (QED) is 0.707. The number of likely N-dealkylation sites (tertiary alicyclic amines) is 1. The Hall–Kier alpha value is -3.33. The summed E-state index contributed by atoms with van der Waals surface area (Å²) in [5.74, 6) is 0.379. The number of carbonyl (C=O) groups excluding carboxylic acids is 2. The molecule has 0 atom stereocenters. The fourth-order valence-corrected chi connectivity index (χ4v) is 3.80. The average molecular weight is 405 g/mol. The van der Waals surface area contributed by atoms with E-state index in [1.54, 1.807) is 24.3 Å². The van der Waals surface area contributed by atoms with Crippen LogP contribution in [0.5, 0.6) is 5.75 Å². The molecule has 3 rings (SSSR count). The molecule has 1 heterocycles. The lowest BCUT2D eigenvalue weighted by Crippen LogP contribution is -2.50. The Bertz CT molecular complexity index is 899. The number of nitriles is 1. The van der Waals surface area contributed by atoms with Crippen LogP contribution in [0.2, 0.25) is 0 Å². The summed E-state index contributed by atoms with van der Waals surface area (Å²) in [5, 5.41) is 9.18. The summed E-state index contributed by atoms with van der Waals surface area (Å²) in [7, 11) is 0. The number of nitrogens with zero attached hydrogens (tertiary/aromatic N) is 3. The molecule has 0 saturated carbocycles. The molecular weight excluding hydrogens is 378 g/mol. The van der Waals surface area contributed by atoms with Gasteiger partial charge in [-0.3, -0.25) is 9.59 Å². The average Bonchev–Trinajstić information content (AvgIpc) is 2.81. The molecule has 0 aromatic heterocycles. The molecule has 156 valence electrons. The van der Waals surface area contributed by atoms with Crippen LogP contribution in [-0.2, 0) is 4.79 Å². The van der Waals surface area contributed by atoms with Crippen LogP contribution in [0.25, 0.3) is 0 Å². The minimum Gasteiger partial charge on any atom is -0.482 e. The van der Waals surface area contributed by atoms with Gasteiger partial charge in [-0.2, -0.15) is 5.26 Å². The van der Waals surface area contributed by atoms with E-state index in [0.717, 1.165) is 19.3 Å². The Morgan fingerprint density at radius 1 is 1.10 bits per heavy atom. The summed E-state index contributed by atoms with van der Waals surface area (Å²) in [5.41, 5.74) is 1.11. The molecule has 1 saturated heterocycles. The monoisotopic (exact) mass is 405 g/mol. The fraction of sp³-hybridized carbons (Fsp3) is 0.375. The van der Waals surface area contributed by atoms with Crippen molar-refractivity contribution in [2.45, 2.75) is 32.2 Å². The summed E-state index contributed by atoms with van der Waals surface area (Å²) < 4.78 is 5.65. The van der Waals surface area contributed by atoms with Crippen LogP contribution < -0.4 is 4.74 Å². The Morgan fingerprint density at radius 2 is 1.77 bits per heavy atom. The van der Waals surface area contributed by atoms with E-state index in [2.05, 4.69) is 6.07 Å². The molecule has 0 N–H and O–H groups in total. The summed E-state index contributed by atoms with van der Waals surface area (Å²) >= 11 is 0. The first-order valence-corrected chi connectivity index (χ1v) is 10.4.